The van der Waals surface area contributed by atoms with Gasteiger partial charge >= 0.3 is 0 Å². The Bertz CT molecular complexity index is 423. The number of carbonyl (C=O) groups is 1. The molecule has 3 nitrogen and oxygen atoms in total. The third kappa shape index (κ3) is 3.78. The van der Waals surface area contributed by atoms with Crippen molar-refractivity contribution in [1.29, 1.82) is 0 Å². The molecule has 100 valence electrons. The van der Waals surface area contributed by atoms with Gasteiger partial charge in [0, 0.05) is 24.2 Å². The van der Waals surface area contributed by atoms with E-state index in [0.717, 1.165) is 0 Å². The van der Waals surface area contributed by atoms with Gasteiger partial charge in [0.1, 0.15) is 5.82 Å². The summed E-state index contributed by atoms with van der Waals surface area (Å²) < 4.78 is 19.3. The molecule has 0 saturated carbocycles. The van der Waals surface area contributed by atoms with E-state index in [1.165, 1.54) is 12.1 Å². The van der Waals surface area contributed by atoms with Crippen LogP contribution in [0.3, 0.4) is 0 Å². The number of hydrogen-bond donors (Lipinski definition) is 0. The first-order valence-corrected chi connectivity index (χ1v) is 6.51. The second kappa shape index (κ2) is 6.85. The summed E-state index contributed by atoms with van der Waals surface area (Å²) in [5, 5.41) is 0. The van der Waals surface area contributed by atoms with Crippen molar-refractivity contribution in [2.24, 2.45) is 0 Å². The topological polar surface area (TPSA) is 29.5 Å². The maximum absolute atomic E-state index is 13.7. The molecular weight excluding hydrogens is 301 g/mol. The summed E-state index contributed by atoms with van der Waals surface area (Å²) in [6.07, 6.45) is 0. The van der Waals surface area contributed by atoms with Gasteiger partial charge in [-0.25, -0.2) is 4.39 Å². The highest BCUT2D eigenvalue weighted by Gasteiger charge is 2.21. The first-order chi connectivity index (χ1) is 8.47. The van der Waals surface area contributed by atoms with Gasteiger partial charge in [-0.2, -0.15) is 0 Å². The van der Waals surface area contributed by atoms with Crippen molar-refractivity contribution in [3.8, 4) is 0 Å². The third-order valence-electron chi connectivity index (χ3n) is 2.58. The van der Waals surface area contributed by atoms with Gasteiger partial charge in [0.05, 0.1) is 12.2 Å². The maximum atomic E-state index is 13.7. The summed E-state index contributed by atoms with van der Waals surface area (Å²) in [4.78, 5) is 13.8. The Labute approximate surface area is 115 Å². The van der Waals surface area contributed by atoms with Crippen LogP contribution < -0.4 is 0 Å². The SMILES string of the molecule is COCCN(C(=O)c1ccc(Br)cc1F)C(C)C. The van der Waals surface area contributed by atoms with Crippen molar-refractivity contribution in [1.82, 2.24) is 4.90 Å². The van der Waals surface area contributed by atoms with Crippen molar-refractivity contribution in [3.63, 3.8) is 0 Å². The molecular formula is C13H17BrFNO2. The lowest BCUT2D eigenvalue weighted by Crippen LogP contribution is -2.39. The smallest absolute Gasteiger partial charge is 0.257 e. The molecule has 18 heavy (non-hydrogen) atoms. The monoisotopic (exact) mass is 317 g/mol. The van der Waals surface area contributed by atoms with E-state index in [1.54, 1.807) is 18.1 Å². The molecule has 0 N–H and O–H groups in total. The Kier molecular flexibility index (Phi) is 5.75. The lowest BCUT2D eigenvalue weighted by molar-refractivity contribution is 0.0630. The lowest BCUT2D eigenvalue weighted by atomic mass is 10.1. The predicted octanol–water partition coefficient (Wildman–Crippen LogP) is 3.09. The number of carbonyl (C=O) groups excluding carboxylic acids is 1. The van der Waals surface area contributed by atoms with Crippen LogP contribution in [0.1, 0.15) is 24.2 Å². The molecule has 0 fully saturated rings. The number of amides is 1. The molecule has 0 aromatic heterocycles. The number of hydrogen-bond acceptors (Lipinski definition) is 2. The average molecular weight is 318 g/mol. The van der Waals surface area contributed by atoms with Crippen LogP contribution >= 0.6 is 15.9 Å². The van der Waals surface area contributed by atoms with E-state index >= 15 is 0 Å². The first kappa shape index (κ1) is 15.1. The van der Waals surface area contributed by atoms with Gasteiger partial charge in [-0.1, -0.05) is 15.9 Å². The minimum Gasteiger partial charge on any atom is -0.383 e. The van der Waals surface area contributed by atoms with E-state index in [0.29, 0.717) is 17.6 Å². The van der Waals surface area contributed by atoms with Gasteiger partial charge in [-0.15, -0.1) is 0 Å². The molecule has 0 bridgehead atoms. The molecule has 1 rings (SSSR count). The summed E-state index contributed by atoms with van der Waals surface area (Å²) in [7, 11) is 1.57. The molecule has 1 aromatic carbocycles. The normalized spacial score (nSPS) is 10.8. The Morgan fingerprint density at radius 2 is 2.17 bits per heavy atom. The fourth-order valence-corrected chi connectivity index (χ4v) is 1.93. The van der Waals surface area contributed by atoms with Crippen molar-refractivity contribution in [3.05, 3.63) is 34.1 Å². The number of methoxy groups -OCH3 is 1. The van der Waals surface area contributed by atoms with E-state index < -0.39 is 5.82 Å². The van der Waals surface area contributed by atoms with Crippen LogP contribution in [-0.4, -0.2) is 37.1 Å². The van der Waals surface area contributed by atoms with Gasteiger partial charge in [0.15, 0.2) is 0 Å². The molecule has 0 aliphatic heterocycles. The van der Waals surface area contributed by atoms with Crippen LogP contribution in [0.2, 0.25) is 0 Å². The van der Waals surface area contributed by atoms with Gasteiger partial charge in [0.2, 0.25) is 0 Å². The van der Waals surface area contributed by atoms with Gasteiger partial charge in [0.25, 0.3) is 5.91 Å². The van der Waals surface area contributed by atoms with E-state index in [4.69, 9.17) is 4.74 Å². The van der Waals surface area contributed by atoms with E-state index in [9.17, 15) is 9.18 Å². The summed E-state index contributed by atoms with van der Waals surface area (Å²) in [6.45, 7) is 4.67. The largest absolute Gasteiger partial charge is 0.383 e. The molecule has 0 atom stereocenters. The van der Waals surface area contributed by atoms with Crippen molar-refractivity contribution >= 4 is 21.8 Å². The van der Waals surface area contributed by atoms with E-state index in [2.05, 4.69) is 15.9 Å². The second-order valence-electron chi connectivity index (χ2n) is 4.21. The van der Waals surface area contributed by atoms with Crippen molar-refractivity contribution < 1.29 is 13.9 Å². The number of nitrogens with zero attached hydrogens (tertiary/aromatic N) is 1. The number of halogens is 2. The van der Waals surface area contributed by atoms with E-state index in [-0.39, 0.29) is 17.5 Å². The van der Waals surface area contributed by atoms with Crippen LogP contribution in [-0.2, 0) is 4.74 Å². The van der Waals surface area contributed by atoms with Crippen LogP contribution in [0.5, 0.6) is 0 Å². The zero-order valence-electron chi connectivity index (χ0n) is 10.7. The highest BCUT2D eigenvalue weighted by atomic mass is 79.9. The molecule has 1 aromatic rings. The Balaban J connectivity index is 2.94. The van der Waals surface area contributed by atoms with Crippen LogP contribution in [0.25, 0.3) is 0 Å². The molecule has 0 aliphatic carbocycles. The lowest BCUT2D eigenvalue weighted by Gasteiger charge is -2.26. The first-order valence-electron chi connectivity index (χ1n) is 5.72. The van der Waals surface area contributed by atoms with Crippen LogP contribution in [0.15, 0.2) is 22.7 Å². The van der Waals surface area contributed by atoms with Gasteiger partial charge in [-0.3, -0.25) is 4.79 Å². The van der Waals surface area contributed by atoms with Gasteiger partial charge < -0.3 is 9.64 Å². The summed E-state index contributed by atoms with van der Waals surface area (Å²) >= 11 is 3.17. The second-order valence-corrected chi connectivity index (χ2v) is 5.12. The summed E-state index contributed by atoms with van der Waals surface area (Å²) in [5.74, 6) is -0.829. The molecule has 0 heterocycles. The Hall–Kier alpha value is -0.940. The highest BCUT2D eigenvalue weighted by Crippen LogP contribution is 2.17. The third-order valence-corrected chi connectivity index (χ3v) is 3.08. The summed E-state index contributed by atoms with van der Waals surface area (Å²) in [6, 6.07) is 4.44. The highest BCUT2D eigenvalue weighted by molar-refractivity contribution is 9.10. The van der Waals surface area contributed by atoms with Crippen LogP contribution in [0, 0.1) is 5.82 Å². The number of ether oxygens (including phenoxy) is 1. The fourth-order valence-electron chi connectivity index (χ4n) is 1.60. The number of rotatable bonds is 5. The Morgan fingerprint density at radius 1 is 1.50 bits per heavy atom. The molecule has 0 spiro atoms. The molecule has 5 heteroatoms. The molecule has 0 aliphatic rings. The molecule has 0 saturated heterocycles. The van der Waals surface area contributed by atoms with Crippen molar-refractivity contribution in [2.75, 3.05) is 20.3 Å². The average Bonchev–Trinajstić information content (AvgIpc) is 2.28. The predicted molar refractivity (Wildman–Crippen MR) is 72.1 cm³/mol. The fraction of sp³-hybridized carbons (Fsp3) is 0.462. The minimum atomic E-state index is -0.516. The van der Waals surface area contributed by atoms with E-state index in [1.807, 2.05) is 13.8 Å². The zero-order chi connectivity index (χ0) is 13.7. The zero-order valence-corrected chi connectivity index (χ0v) is 12.3. The van der Waals surface area contributed by atoms with Gasteiger partial charge in [-0.05, 0) is 32.0 Å². The Morgan fingerprint density at radius 3 is 2.67 bits per heavy atom. The quantitative estimate of drug-likeness (QED) is 0.835. The minimum absolute atomic E-state index is 0.00398. The molecule has 0 radical (unpaired) electrons. The number of benzene rings is 1. The summed E-state index contributed by atoms with van der Waals surface area (Å²) in [5.41, 5.74) is 0.0861. The molecule has 1 amide bonds. The maximum Gasteiger partial charge on any atom is 0.257 e. The van der Waals surface area contributed by atoms with Crippen LogP contribution in [0.4, 0.5) is 4.39 Å². The molecule has 0 unspecified atom stereocenters. The standard InChI is InChI=1S/C13H17BrFNO2/c1-9(2)16(6-7-18-3)13(17)11-5-4-10(14)8-12(11)15/h4-5,8-9H,6-7H2,1-3H3. The van der Waals surface area contributed by atoms with Crippen molar-refractivity contribution in [2.45, 2.75) is 19.9 Å².